The number of ether oxygens (including phenoxy) is 7. The van der Waals surface area contributed by atoms with Crippen molar-refractivity contribution in [2.45, 2.75) is 97.3 Å². The van der Waals surface area contributed by atoms with Gasteiger partial charge >= 0.3 is 18.0 Å². The number of nitrogens with one attached hydrogen (secondary N) is 2. The lowest BCUT2D eigenvalue weighted by Gasteiger charge is -2.25. The van der Waals surface area contributed by atoms with Gasteiger partial charge in [0.25, 0.3) is 0 Å². The van der Waals surface area contributed by atoms with Crippen LogP contribution < -0.4 is 29.6 Å². The van der Waals surface area contributed by atoms with Gasteiger partial charge < -0.3 is 48.7 Å². The summed E-state index contributed by atoms with van der Waals surface area (Å²) in [6.07, 6.45) is -1.13. The summed E-state index contributed by atoms with van der Waals surface area (Å²) in [5.74, 6) is -3.79. The number of halogens is 2. The lowest BCUT2D eigenvalue weighted by Crippen LogP contribution is -2.40. The molecule has 0 saturated heterocycles. The summed E-state index contributed by atoms with van der Waals surface area (Å²) in [7, 11) is 2.71. The molecule has 1 aromatic heterocycles. The van der Waals surface area contributed by atoms with Gasteiger partial charge in [-0.1, -0.05) is 11.8 Å². The summed E-state index contributed by atoms with van der Waals surface area (Å²) < 4.78 is 69.8. The van der Waals surface area contributed by atoms with Crippen LogP contribution in [0, 0.1) is 11.6 Å². The molecule has 3 aromatic rings. The fraction of sp³-hybridized carbons (Fsp3) is 0.524. The summed E-state index contributed by atoms with van der Waals surface area (Å²) in [6.45, 7) is 9.86. The molecule has 2 aromatic carbocycles. The quantitative estimate of drug-likeness (QED) is 0.0351. The van der Waals surface area contributed by atoms with E-state index in [0.717, 1.165) is 23.1 Å². The number of esters is 2. The van der Waals surface area contributed by atoms with Crippen molar-refractivity contribution in [1.29, 1.82) is 0 Å². The first kappa shape index (κ1) is 49.3. The van der Waals surface area contributed by atoms with Gasteiger partial charge in [0, 0.05) is 54.1 Å². The SMILES string of the molecule is CCOC(=O)CCC(=O)c1cc2c(F)c(OCCCOc3c(OC)cc4c(c3F)CN(C(=O)CCC(=O)OC(C)(C)SCNC(=O)CNC(=O)OC(C)(C)C)C4)c(OC)cc2s1. The highest BCUT2D eigenvalue weighted by molar-refractivity contribution is 8.00. The third-order valence-corrected chi connectivity index (χ3v) is 11.1. The summed E-state index contributed by atoms with van der Waals surface area (Å²) >= 11 is 2.20. The maximum absolute atomic E-state index is 15.9. The number of ketones is 1. The molecule has 0 atom stereocenters. The number of hydrogen-bond acceptors (Lipinski definition) is 15. The van der Waals surface area contributed by atoms with Gasteiger partial charge in [0.1, 0.15) is 12.1 Å². The van der Waals surface area contributed by atoms with Crippen molar-refractivity contribution in [2.75, 3.05) is 46.5 Å². The molecule has 16 nitrogen and oxygen atoms in total. The smallest absolute Gasteiger partial charge is 0.408 e. The van der Waals surface area contributed by atoms with Crippen LogP contribution in [0.1, 0.15) is 94.4 Å². The Morgan fingerprint density at radius 1 is 0.806 bits per heavy atom. The largest absolute Gasteiger partial charge is 0.493 e. The number of carbonyl (C=O) groups is 6. The minimum absolute atomic E-state index is 0.0463. The molecule has 340 valence electrons. The minimum Gasteiger partial charge on any atom is -0.493 e. The third kappa shape index (κ3) is 14.1. The normalized spacial score (nSPS) is 12.3. The molecule has 0 spiro atoms. The molecule has 0 fully saturated rings. The fourth-order valence-corrected chi connectivity index (χ4v) is 7.75. The van der Waals surface area contributed by atoms with Crippen molar-refractivity contribution in [3.8, 4) is 23.0 Å². The Bertz CT molecular complexity index is 2140. The lowest BCUT2D eigenvalue weighted by atomic mass is 10.1. The highest BCUT2D eigenvalue weighted by Crippen LogP contribution is 2.41. The maximum Gasteiger partial charge on any atom is 0.408 e. The molecule has 0 aliphatic carbocycles. The number of carbonyl (C=O) groups excluding carboxylic acids is 6. The van der Waals surface area contributed by atoms with Crippen LogP contribution in [0.5, 0.6) is 23.0 Å². The molecule has 2 N–H and O–H groups in total. The Morgan fingerprint density at radius 3 is 2.10 bits per heavy atom. The lowest BCUT2D eigenvalue weighted by molar-refractivity contribution is -0.151. The van der Waals surface area contributed by atoms with E-state index < -0.39 is 52.0 Å². The number of methoxy groups -OCH3 is 2. The van der Waals surface area contributed by atoms with Crippen molar-refractivity contribution in [2.24, 2.45) is 0 Å². The summed E-state index contributed by atoms with van der Waals surface area (Å²) in [5, 5.41) is 5.11. The molecular formula is C42H53F2N3O13S2. The standard InChI is InChI=1S/C42H53F2N3O13S2/c1-9-56-34(51)13-11-27(48)31-18-25-30(62-31)19-29(55-8)39(36(25)43)58-16-10-15-57-38-28(54-7)17-24-21-47(22-26(24)37(38)44)33(50)12-14-35(52)59-42(5,6)61-23-46-32(49)20-45-40(53)60-41(2,3)4/h17-19H,9-16,20-23H2,1-8H3,(H,45,53)(H,46,49). The van der Waals surface area contributed by atoms with Crippen LogP contribution in [-0.4, -0.2) is 97.5 Å². The van der Waals surface area contributed by atoms with Gasteiger partial charge in [0.2, 0.25) is 11.8 Å². The molecular weight excluding hydrogens is 857 g/mol. The molecule has 2 heterocycles. The van der Waals surface area contributed by atoms with Crippen molar-refractivity contribution in [3.63, 3.8) is 0 Å². The number of rotatable bonds is 22. The first-order valence-corrected chi connectivity index (χ1v) is 21.6. The second-order valence-corrected chi connectivity index (χ2v) is 17.9. The molecule has 3 amide bonds. The third-order valence-electron chi connectivity index (χ3n) is 8.87. The molecule has 0 saturated carbocycles. The number of nitrogens with zero attached hydrogens (tertiary/aromatic N) is 1. The Balaban J connectivity index is 1.24. The summed E-state index contributed by atoms with van der Waals surface area (Å²) in [4.78, 5) is 74.6. The Morgan fingerprint density at radius 2 is 1.45 bits per heavy atom. The first-order chi connectivity index (χ1) is 29.2. The molecule has 1 aliphatic heterocycles. The van der Waals surface area contributed by atoms with Crippen LogP contribution in [0.4, 0.5) is 13.6 Å². The zero-order valence-corrected chi connectivity index (χ0v) is 37.7. The summed E-state index contributed by atoms with van der Waals surface area (Å²) in [5.41, 5.74) is 0.0474. The van der Waals surface area contributed by atoms with Crippen molar-refractivity contribution in [1.82, 2.24) is 15.5 Å². The number of thioether (sulfide) groups is 1. The van der Waals surface area contributed by atoms with Gasteiger partial charge in [0.15, 0.2) is 45.3 Å². The van der Waals surface area contributed by atoms with Gasteiger partial charge in [-0.2, -0.15) is 0 Å². The predicted molar refractivity (Wildman–Crippen MR) is 226 cm³/mol. The molecule has 20 heteroatoms. The average Bonchev–Trinajstić information content (AvgIpc) is 3.84. The molecule has 0 unspecified atom stereocenters. The van der Waals surface area contributed by atoms with E-state index in [1.165, 1.54) is 25.2 Å². The van der Waals surface area contributed by atoms with E-state index in [1.807, 2.05) is 0 Å². The summed E-state index contributed by atoms with van der Waals surface area (Å²) in [6, 6.07) is 4.56. The van der Waals surface area contributed by atoms with Gasteiger partial charge in [-0.05, 0) is 59.2 Å². The van der Waals surface area contributed by atoms with Crippen molar-refractivity contribution < 1.29 is 70.7 Å². The molecule has 62 heavy (non-hydrogen) atoms. The van der Waals surface area contributed by atoms with E-state index in [2.05, 4.69) is 10.6 Å². The highest BCUT2D eigenvalue weighted by Gasteiger charge is 2.31. The van der Waals surface area contributed by atoms with E-state index >= 15 is 8.78 Å². The Kier molecular flexibility index (Phi) is 17.6. The Labute approximate surface area is 366 Å². The van der Waals surface area contributed by atoms with Gasteiger partial charge in [-0.25, -0.2) is 13.6 Å². The number of fused-ring (bicyclic) bond motifs is 2. The second-order valence-electron chi connectivity index (χ2n) is 15.3. The van der Waals surface area contributed by atoms with Crippen LogP contribution in [0.25, 0.3) is 10.1 Å². The van der Waals surface area contributed by atoms with E-state index in [-0.39, 0.29) is 122 Å². The average molecular weight is 910 g/mol. The number of benzene rings is 2. The van der Waals surface area contributed by atoms with Crippen molar-refractivity contribution >= 4 is 68.8 Å². The van der Waals surface area contributed by atoms with Crippen LogP contribution in [0.15, 0.2) is 18.2 Å². The first-order valence-electron chi connectivity index (χ1n) is 19.8. The van der Waals surface area contributed by atoms with Crippen LogP contribution in [0.3, 0.4) is 0 Å². The predicted octanol–water partition coefficient (Wildman–Crippen LogP) is 6.80. The van der Waals surface area contributed by atoms with E-state index in [0.29, 0.717) is 10.3 Å². The van der Waals surface area contributed by atoms with Crippen LogP contribution in [0.2, 0.25) is 0 Å². The van der Waals surface area contributed by atoms with Gasteiger partial charge in [-0.15, -0.1) is 11.3 Å². The second kappa shape index (κ2) is 22.1. The molecule has 1 aliphatic rings. The molecule has 0 bridgehead atoms. The number of amides is 3. The zero-order valence-electron chi connectivity index (χ0n) is 36.0. The van der Waals surface area contributed by atoms with Gasteiger partial charge in [0.05, 0.1) is 57.6 Å². The van der Waals surface area contributed by atoms with E-state index in [1.54, 1.807) is 53.7 Å². The van der Waals surface area contributed by atoms with Crippen LogP contribution >= 0.6 is 23.1 Å². The fourth-order valence-electron chi connectivity index (χ4n) is 5.97. The number of thiophene rings is 1. The van der Waals surface area contributed by atoms with Crippen molar-refractivity contribution in [3.05, 3.63) is 45.8 Å². The monoisotopic (exact) mass is 909 g/mol. The van der Waals surface area contributed by atoms with E-state index in [9.17, 15) is 28.8 Å². The molecule has 0 radical (unpaired) electrons. The highest BCUT2D eigenvalue weighted by atomic mass is 32.2. The number of hydrogen-bond donors (Lipinski definition) is 2. The minimum atomic E-state index is -1.05. The van der Waals surface area contributed by atoms with E-state index in [4.69, 9.17) is 33.2 Å². The number of alkyl carbamates (subject to hydrolysis) is 1. The Hall–Kier alpha value is -5.37. The topological polar surface area (TPSA) is 194 Å². The van der Waals surface area contributed by atoms with Crippen LogP contribution in [-0.2, 0) is 46.5 Å². The molecule has 4 rings (SSSR count). The number of Topliss-reactive ketones (excluding diaryl/α,β-unsaturated/α-hetero) is 1. The van der Waals surface area contributed by atoms with Gasteiger partial charge in [-0.3, -0.25) is 24.0 Å². The maximum atomic E-state index is 15.9. The zero-order chi connectivity index (χ0) is 45.8.